The summed E-state index contributed by atoms with van der Waals surface area (Å²) in [7, 11) is 0. The molecule has 0 saturated heterocycles. The molecule has 0 saturated carbocycles. The molecule has 0 aliphatic carbocycles. The zero-order valence-corrected chi connectivity index (χ0v) is 12.2. The van der Waals surface area contributed by atoms with Gasteiger partial charge in [0.15, 0.2) is 5.70 Å². The van der Waals surface area contributed by atoms with Crippen LogP contribution in [0.3, 0.4) is 0 Å². The number of furan rings is 1. The number of ether oxygens (including phenoxy) is 1. The van der Waals surface area contributed by atoms with E-state index in [0.717, 1.165) is 15.8 Å². The van der Waals surface area contributed by atoms with Crippen molar-refractivity contribution in [3.63, 3.8) is 0 Å². The molecule has 0 spiro atoms. The van der Waals surface area contributed by atoms with Crippen LogP contribution in [0.5, 0.6) is 0 Å². The van der Waals surface area contributed by atoms with E-state index >= 15 is 0 Å². The molecule has 0 fully saturated rings. The van der Waals surface area contributed by atoms with Gasteiger partial charge in [-0.1, -0.05) is 12.1 Å². The highest BCUT2D eigenvalue weighted by Crippen LogP contribution is 2.24. The van der Waals surface area contributed by atoms with E-state index in [2.05, 4.69) is 20.9 Å². The number of hydrogen-bond acceptors (Lipinski definition) is 4. The number of aliphatic imine (C=N–C) groups is 1. The van der Waals surface area contributed by atoms with E-state index in [1.54, 1.807) is 12.1 Å². The zero-order chi connectivity index (χ0) is 14.1. The van der Waals surface area contributed by atoms with Crippen LogP contribution < -0.4 is 0 Å². The number of hydrogen-bond donors (Lipinski definition) is 0. The summed E-state index contributed by atoms with van der Waals surface area (Å²) in [6.07, 6.45) is 1.57. The standard InChI is InChI=1S/C15H10BrNO3/c1-9-6-7-10(19-9)8-13-15(18)20-14(17-13)11-4-2-3-5-12(11)16/h2-8H,1H3/b13-8+. The summed E-state index contributed by atoms with van der Waals surface area (Å²) in [6, 6.07) is 11.0. The molecule has 1 aromatic carbocycles. The highest BCUT2D eigenvalue weighted by atomic mass is 79.9. The maximum absolute atomic E-state index is 11.8. The van der Waals surface area contributed by atoms with Gasteiger partial charge in [-0.15, -0.1) is 0 Å². The Morgan fingerprint density at radius 2 is 2.00 bits per heavy atom. The number of rotatable bonds is 2. The van der Waals surface area contributed by atoms with Crippen LogP contribution in [0.4, 0.5) is 0 Å². The third-order valence-electron chi connectivity index (χ3n) is 2.76. The molecule has 0 atom stereocenters. The van der Waals surface area contributed by atoms with Crippen molar-refractivity contribution in [2.75, 3.05) is 0 Å². The third-order valence-corrected chi connectivity index (χ3v) is 3.46. The Labute approximate surface area is 123 Å². The number of aryl methyl sites for hydroxylation is 1. The molecule has 0 unspecified atom stereocenters. The van der Waals surface area contributed by atoms with Gasteiger partial charge in [0, 0.05) is 10.5 Å². The quantitative estimate of drug-likeness (QED) is 0.622. The maximum Gasteiger partial charge on any atom is 0.363 e. The lowest BCUT2D eigenvalue weighted by molar-refractivity contribution is -0.129. The van der Waals surface area contributed by atoms with Gasteiger partial charge in [0.1, 0.15) is 11.5 Å². The molecule has 0 amide bonds. The van der Waals surface area contributed by atoms with Gasteiger partial charge in [-0.05, 0) is 47.1 Å². The fourth-order valence-electron chi connectivity index (χ4n) is 1.82. The number of cyclic esters (lactones) is 1. The van der Waals surface area contributed by atoms with E-state index < -0.39 is 5.97 Å². The fraction of sp³-hybridized carbons (Fsp3) is 0.0667. The van der Waals surface area contributed by atoms with Crippen LogP contribution in [-0.2, 0) is 9.53 Å². The molecule has 5 heteroatoms. The smallest absolute Gasteiger partial charge is 0.363 e. The molecule has 1 aromatic heterocycles. The van der Waals surface area contributed by atoms with Gasteiger partial charge >= 0.3 is 5.97 Å². The van der Waals surface area contributed by atoms with E-state index in [-0.39, 0.29) is 11.6 Å². The Hall–Kier alpha value is -2.14. The van der Waals surface area contributed by atoms with Crippen LogP contribution in [0, 0.1) is 6.92 Å². The predicted molar refractivity (Wildman–Crippen MR) is 78.2 cm³/mol. The maximum atomic E-state index is 11.8. The molecule has 2 heterocycles. The van der Waals surface area contributed by atoms with Crippen molar-refractivity contribution in [2.45, 2.75) is 6.92 Å². The normalized spacial score (nSPS) is 16.4. The average molecular weight is 332 g/mol. The van der Waals surface area contributed by atoms with Gasteiger partial charge in [0.25, 0.3) is 0 Å². The van der Waals surface area contributed by atoms with Crippen molar-refractivity contribution in [3.8, 4) is 0 Å². The lowest BCUT2D eigenvalue weighted by Gasteiger charge is -2.01. The molecule has 2 aromatic rings. The molecular weight excluding hydrogens is 322 g/mol. The molecule has 0 N–H and O–H groups in total. The van der Waals surface area contributed by atoms with Crippen molar-refractivity contribution >= 4 is 33.9 Å². The molecule has 0 bridgehead atoms. The average Bonchev–Trinajstić information content (AvgIpc) is 2.98. The third kappa shape index (κ3) is 2.44. The Kier molecular flexibility index (Phi) is 3.28. The van der Waals surface area contributed by atoms with Crippen molar-refractivity contribution in [1.82, 2.24) is 0 Å². The second-order valence-electron chi connectivity index (χ2n) is 4.26. The molecular formula is C15H10BrNO3. The van der Waals surface area contributed by atoms with Crippen LogP contribution >= 0.6 is 15.9 Å². The van der Waals surface area contributed by atoms with E-state index in [1.165, 1.54) is 0 Å². The van der Waals surface area contributed by atoms with E-state index in [0.29, 0.717) is 5.76 Å². The van der Waals surface area contributed by atoms with Crippen LogP contribution in [0.2, 0.25) is 0 Å². The second kappa shape index (κ2) is 5.09. The lowest BCUT2D eigenvalue weighted by Crippen LogP contribution is -2.05. The summed E-state index contributed by atoms with van der Waals surface area (Å²) >= 11 is 3.41. The van der Waals surface area contributed by atoms with Gasteiger partial charge < -0.3 is 9.15 Å². The van der Waals surface area contributed by atoms with Gasteiger partial charge in [-0.2, -0.15) is 0 Å². The summed E-state index contributed by atoms with van der Waals surface area (Å²) in [5.74, 6) is 1.16. The Balaban J connectivity index is 1.97. The molecule has 1 aliphatic rings. The number of carbonyl (C=O) groups excluding carboxylic acids is 1. The molecule has 1 aliphatic heterocycles. The first kappa shape index (κ1) is 12.9. The monoisotopic (exact) mass is 331 g/mol. The van der Waals surface area contributed by atoms with Crippen molar-refractivity contribution in [1.29, 1.82) is 0 Å². The van der Waals surface area contributed by atoms with Crippen molar-refractivity contribution < 1.29 is 13.9 Å². The highest BCUT2D eigenvalue weighted by molar-refractivity contribution is 9.10. The first-order chi connectivity index (χ1) is 9.63. The van der Waals surface area contributed by atoms with Crippen molar-refractivity contribution in [3.05, 3.63) is 63.7 Å². The SMILES string of the molecule is Cc1ccc(/C=C2/N=C(c3ccccc3Br)OC2=O)o1. The van der Waals surface area contributed by atoms with Crippen LogP contribution in [0.25, 0.3) is 6.08 Å². The first-order valence-corrected chi connectivity index (χ1v) is 6.77. The second-order valence-corrected chi connectivity index (χ2v) is 5.12. The summed E-state index contributed by atoms with van der Waals surface area (Å²) in [5.41, 5.74) is 0.963. The largest absolute Gasteiger partial charge is 0.462 e. The van der Waals surface area contributed by atoms with E-state index in [1.807, 2.05) is 37.3 Å². The minimum atomic E-state index is -0.482. The summed E-state index contributed by atoms with van der Waals surface area (Å²) < 4.78 is 11.4. The van der Waals surface area contributed by atoms with E-state index in [9.17, 15) is 4.79 Å². The summed E-state index contributed by atoms with van der Waals surface area (Å²) in [6.45, 7) is 1.84. The highest BCUT2D eigenvalue weighted by Gasteiger charge is 2.25. The number of esters is 1. The number of nitrogens with zero attached hydrogens (tertiary/aromatic N) is 1. The molecule has 3 rings (SSSR count). The van der Waals surface area contributed by atoms with Gasteiger partial charge in [-0.3, -0.25) is 0 Å². The Bertz CT molecular complexity index is 743. The van der Waals surface area contributed by atoms with Crippen molar-refractivity contribution in [2.24, 2.45) is 4.99 Å². The van der Waals surface area contributed by atoms with Crippen LogP contribution in [-0.4, -0.2) is 11.9 Å². The zero-order valence-electron chi connectivity index (χ0n) is 10.6. The van der Waals surface area contributed by atoms with E-state index in [4.69, 9.17) is 9.15 Å². The fourth-order valence-corrected chi connectivity index (χ4v) is 2.28. The molecule has 4 nitrogen and oxygen atoms in total. The molecule has 0 radical (unpaired) electrons. The Morgan fingerprint density at radius 1 is 1.20 bits per heavy atom. The van der Waals surface area contributed by atoms with Crippen LogP contribution in [0.1, 0.15) is 17.1 Å². The van der Waals surface area contributed by atoms with Gasteiger partial charge in [-0.25, -0.2) is 9.79 Å². The Morgan fingerprint density at radius 3 is 2.70 bits per heavy atom. The van der Waals surface area contributed by atoms with Gasteiger partial charge in [0.2, 0.25) is 5.90 Å². The minimum Gasteiger partial charge on any atom is -0.462 e. The lowest BCUT2D eigenvalue weighted by atomic mass is 10.2. The molecule has 20 heavy (non-hydrogen) atoms. The summed E-state index contributed by atoms with van der Waals surface area (Å²) in [4.78, 5) is 16.0. The van der Waals surface area contributed by atoms with Crippen LogP contribution in [0.15, 0.2) is 56.0 Å². The number of carbonyl (C=O) groups is 1. The molecule has 100 valence electrons. The predicted octanol–water partition coefficient (Wildman–Crippen LogP) is 3.70. The number of halogens is 1. The topological polar surface area (TPSA) is 51.8 Å². The first-order valence-electron chi connectivity index (χ1n) is 5.97. The minimum absolute atomic E-state index is 0.227. The van der Waals surface area contributed by atoms with Gasteiger partial charge in [0.05, 0.1) is 5.56 Å². The summed E-state index contributed by atoms with van der Waals surface area (Å²) in [5, 5.41) is 0. The number of benzene rings is 1.